The zero-order valence-electron chi connectivity index (χ0n) is 16.2. The fraction of sp³-hybridized carbons (Fsp3) is 0.0952. The molecule has 2 aromatic carbocycles. The van der Waals surface area contributed by atoms with E-state index in [4.69, 9.17) is 16.1 Å². The molecule has 0 aliphatic heterocycles. The first-order chi connectivity index (χ1) is 15.1. The average molecular weight is 465 g/mol. The fourth-order valence-electron chi connectivity index (χ4n) is 3.18. The predicted octanol–water partition coefficient (Wildman–Crippen LogP) is 5.96. The summed E-state index contributed by atoms with van der Waals surface area (Å²) in [5, 5.41) is 10.1. The zero-order valence-corrected chi connectivity index (χ0v) is 17.0. The molecule has 6 nitrogen and oxygen atoms in total. The lowest BCUT2D eigenvalue weighted by Gasteiger charge is -2.13. The molecule has 1 amide bonds. The molecule has 0 atom stereocenters. The molecule has 0 fully saturated rings. The van der Waals surface area contributed by atoms with Crippen LogP contribution in [0.2, 0.25) is 5.02 Å². The topological polar surface area (TPSA) is 73.0 Å². The lowest BCUT2D eigenvalue weighted by atomic mass is 10.1. The second-order valence-electron chi connectivity index (χ2n) is 6.72. The number of carbonyl (C=O) groups is 1. The monoisotopic (exact) mass is 464 g/mol. The number of hydrogen-bond acceptors (Lipinski definition) is 4. The summed E-state index contributed by atoms with van der Waals surface area (Å²) in [5.74, 6) is -1.34. The van der Waals surface area contributed by atoms with Crippen LogP contribution in [0, 0.1) is 5.82 Å². The van der Waals surface area contributed by atoms with Gasteiger partial charge in [0.25, 0.3) is 0 Å². The largest absolute Gasteiger partial charge is 0.434 e. The van der Waals surface area contributed by atoms with Gasteiger partial charge in [-0.15, -0.1) is 0 Å². The van der Waals surface area contributed by atoms with E-state index in [0.717, 1.165) is 18.3 Å². The average Bonchev–Trinajstić information content (AvgIpc) is 3.34. The Labute approximate surface area is 183 Å². The maximum atomic E-state index is 14.2. The molecule has 2 heterocycles. The Kier molecular flexibility index (Phi) is 5.47. The van der Waals surface area contributed by atoms with Gasteiger partial charge in [0.05, 0.1) is 28.0 Å². The first-order valence-corrected chi connectivity index (χ1v) is 9.47. The fourth-order valence-corrected chi connectivity index (χ4v) is 3.44. The molecule has 32 heavy (non-hydrogen) atoms. The number of alkyl halides is 3. The number of nitrogens with zero attached hydrogens (tertiary/aromatic N) is 3. The van der Waals surface area contributed by atoms with Crippen LogP contribution >= 0.6 is 11.6 Å². The van der Waals surface area contributed by atoms with Crippen molar-refractivity contribution < 1.29 is 26.9 Å². The van der Waals surface area contributed by atoms with E-state index in [2.05, 4.69) is 15.6 Å². The maximum absolute atomic E-state index is 14.2. The minimum Gasteiger partial charge on any atom is -0.356 e. The van der Waals surface area contributed by atoms with Gasteiger partial charge in [0.1, 0.15) is 11.5 Å². The smallest absolute Gasteiger partial charge is 0.356 e. The van der Waals surface area contributed by atoms with Gasteiger partial charge in [-0.25, -0.2) is 9.07 Å². The van der Waals surface area contributed by atoms with Crippen LogP contribution in [0.25, 0.3) is 28.3 Å². The van der Waals surface area contributed by atoms with Crippen molar-refractivity contribution in [1.82, 2.24) is 14.9 Å². The van der Waals surface area contributed by atoms with Gasteiger partial charge in [-0.2, -0.15) is 18.3 Å². The predicted molar refractivity (Wildman–Crippen MR) is 109 cm³/mol. The number of anilines is 1. The standard InChI is InChI=1S/C21H13ClF4N4O2/c1-11(31)28-12-4-2-5-13(8-12)30-20(21(24,25)26)14(10-27-30)18-9-17(29-32-18)19-15(22)6-3-7-16(19)23/h2-10H,1H3,(H,28,31). The van der Waals surface area contributed by atoms with E-state index in [0.29, 0.717) is 10.4 Å². The normalized spacial score (nSPS) is 11.6. The molecule has 0 aliphatic rings. The Hall–Kier alpha value is -3.66. The lowest BCUT2D eigenvalue weighted by molar-refractivity contribution is -0.142. The third-order valence-corrected chi connectivity index (χ3v) is 4.76. The van der Waals surface area contributed by atoms with Crippen molar-refractivity contribution in [3.05, 3.63) is 71.3 Å². The van der Waals surface area contributed by atoms with Crippen molar-refractivity contribution in [3.8, 4) is 28.3 Å². The molecule has 1 N–H and O–H groups in total. The van der Waals surface area contributed by atoms with E-state index in [1.165, 1.54) is 43.3 Å². The van der Waals surface area contributed by atoms with E-state index >= 15 is 0 Å². The zero-order chi connectivity index (χ0) is 23.0. The van der Waals surface area contributed by atoms with Crippen molar-refractivity contribution in [2.75, 3.05) is 5.32 Å². The molecule has 0 spiro atoms. The van der Waals surface area contributed by atoms with Crippen LogP contribution in [-0.2, 0) is 11.0 Å². The van der Waals surface area contributed by atoms with Gasteiger partial charge in [-0.3, -0.25) is 4.79 Å². The second kappa shape index (κ2) is 8.12. The summed E-state index contributed by atoms with van der Waals surface area (Å²) in [7, 11) is 0. The van der Waals surface area contributed by atoms with E-state index < -0.39 is 23.3 Å². The van der Waals surface area contributed by atoms with Crippen molar-refractivity contribution in [1.29, 1.82) is 0 Å². The Bertz CT molecular complexity index is 1290. The molecule has 0 saturated heterocycles. The maximum Gasteiger partial charge on any atom is 0.434 e. The SMILES string of the molecule is CC(=O)Nc1cccc(-n2ncc(-c3cc(-c4c(F)cccc4Cl)no3)c2C(F)(F)F)c1. The van der Waals surface area contributed by atoms with Gasteiger partial charge in [-0.05, 0) is 30.3 Å². The van der Waals surface area contributed by atoms with Gasteiger partial charge in [-0.1, -0.05) is 28.9 Å². The third-order valence-electron chi connectivity index (χ3n) is 4.44. The molecular weight excluding hydrogens is 452 g/mol. The molecule has 0 saturated carbocycles. The first-order valence-electron chi connectivity index (χ1n) is 9.10. The molecule has 11 heteroatoms. The van der Waals surface area contributed by atoms with E-state index in [1.54, 1.807) is 0 Å². The molecular formula is C21H13ClF4N4O2. The van der Waals surface area contributed by atoms with Gasteiger partial charge in [0, 0.05) is 18.7 Å². The Morgan fingerprint density at radius 1 is 1.16 bits per heavy atom. The summed E-state index contributed by atoms with van der Waals surface area (Å²) < 4.78 is 62.0. The molecule has 0 unspecified atom stereocenters. The summed E-state index contributed by atoms with van der Waals surface area (Å²) in [6.07, 6.45) is -3.85. The van der Waals surface area contributed by atoms with Crippen molar-refractivity contribution >= 4 is 23.2 Å². The third kappa shape index (κ3) is 4.09. The number of nitrogens with one attached hydrogen (secondary N) is 1. The number of amides is 1. The Morgan fingerprint density at radius 2 is 1.91 bits per heavy atom. The molecule has 164 valence electrons. The highest BCUT2D eigenvalue weighted by molar-refractivity contribution is 6.33. The number of hydrogen-bond donors (Lipinski definition) is 1. The quantitative estimate of drug-likeness (QED) is 0.378. The van der Waals surface area contributed by atoms with E-state index in [9.17, 15) is 22.4 Å². The molecule has 4 aromatic rings. The number of benzene rings is 2. The minimum atomic E-state index is -4.82. The Morgan fingerprint density at radius 3 is 2.59 bits per heavy atom. The second-order valence-corrected chi connectivity index (χ2v) is 7.13. The minimum absolute atomic E-state index is 0.0337. The highest BCUT2D eigenvalue weighted by Gasteiger charge is 2.40. The van der Waals surface area contributed by atoms with E-state index in [1.807, 2.05) is 0 Å². The molecule has 2 aromatic heterocycles. The number of aromatic nitrogens is 3. The van der Waals surface area contributed by atoms with Gasteiger partial charge in [0.15, 0.2) is 11.5 Å². The summed E-state index contributed by atoms with van der Waals surface area (Å²) in [5.41, 5.74) is -1.30. The van der Waals surface area contributed by atoms with Gasteiger partial charge < -0.3 is 9.84 Å². The van der Waals surface area contributed by atoms with Crippen molar-refractivity contribution in [2.45, 2.75) is 13.1 Å². The first kappa shape index (κ1) is 21.6. The summed E-state index contributed by atoms with van der Waals surface area (Å²) >= 11 is 6.01. The molecule has 0 aliphatic carbocycles. The molecule has 0 bridgehead atoms. The summed E-state index contributed by atoms with van der Waals surface area (Å²) in [6.45, 7) is 1.28. The van der Waals surface area contributed by atoms with Crippen LogP contribution in [0.4, 0.5) is 23.2 Å². The van der Waals surface area contributed by atoms with Crippen molar-refractivity contribution in [2.24, 2.45) is 0 Å². The summed E-state index contributed by atoms with van der Waals surface area (Å²) in [4.78, 5) is 11.3. The van der Waals surface area contributed by atoms with Gasteiger partial charge >= 0.3 is 6.18 Å². The van der Waals surface area contributed by atoms with E-state index in [-0.39, 0.29) is 33.6 Å². The van der Waals surface area contributed by atoms with Crippen LogP contribution in [-0.4, -0.2) is 20.8 Å². The number of carbonyl (C=O) groups excluding carboxylic acids is 1. The number of halogens is 5. The summed E-state index contributed by atoms with van der Waals surface area (Å²) in [6, 6.07) is 10.9. The van der Waals surface area contributed by atoms with Gasteiger partial charge in [0.2, 0.25) is 5.91 Å². The number of rotatable bonds is 4. The van der Waals surface area contributed by atoms with Crippen molar-refractivity contribution in [3.63, 3.8) is 0 Å². The highest BCUT2D eigenvalue weighted by Crippen LogP contribution is 2.40. The van der Waals surface area contributed by atoms with Crippen LogP contribution in [0.1, 0.15) is 12.6 Å². The van der Waals surface area contributed by atoms with Crippen LogP contribution in [0.3, 0.4) is 0 Å². The lowest BCUT2D eigenvalue weighted by Crippen LogP contribution is -2.15. The highest BCUT2D eigenvalue weighted by atomic mass is 35.5. The molecule has 4 rings (SSSR count). The molecule has 0 radical (unpaired) electrons. The van der Waals surface area contributed by atoms with Crippen LogP contribution < -0.4 is 5.32 Å². The Balaban J connectivity index is 1.82. The van der Waals surface area contributed by atoms with Crippen LogP contribution in [0.5, 0.6) is 0 Å². The van der Waals surface area contributed by atoms with Crippen LogP contribution in [0.15, 0.2) is 59.3 Å².